The Morgan fingerprint density at radius 3 is 2.64 bits per heavy atom. The van der Waals surface area contributed by atoms with Crippen LogP contribution in [-0.2, 0) is 5.60 Å². The quantitative estimate of drug-likeness (QED) is 0.259. The van der Waals surface area contributed by atoms with Gasteiger partial charge >= 0.3 is 0 Å². The van der Waals surface area contributed by atoms with Crippen molar-refractivity contribution in [2.45, 2.75) is 38.8 Å². The third-order valence-electron chi connectivity index (χ3n) is 7.03. The maximum atomic E-state index is 14.1. The van der Waals surface area contributed by atoms with Crippen LogP contribution in [0.1, 0.15) is 32.8 Å². The van der Waals surface area contributed by atoms with E-state index in [1.165, 1.54) is 12.1 Å². The van der Waals surface area contributed by atoms with Crippen LogP contribution in [0.4, 0.5) is 38.9 Å². The lowest BCUT2D eigenvalue weighted by molar-refractivity contribution is 0.0790. The van der Waals surface area contributed by atoms with Crippen LogP contribution in [0.3, 0.4) is 0 Å². The van der Waals surface area contributed by atoms with Crippen molar-refractivity contribution < 1.29 is 14.2 Å². The molecule has 1 aliphatic heterocycles. The molecule has 1 aliphatic rings. The van der Waals surface area contributed by atoms with Crippen LogP contribution in [0.2, 0.25) is 5.02 Å². The molecular weight excluding hydrogens is 521 g/mol. The standard InChI is InChI=1S/C28H37ClFN7O2/c1-16-9-17(36(4)14-16)15-37(5)24-13-25(39-6)23(12-21(24)31)34-27-32-8-7-26(35-27)33-22-11-19(29)20(30)10-18(22)28(2,3)38/h7-8,10-13,16-17,38H,9,14-15,31H2,1-6H3,(H2,32,33,34,35)/t16-,17+/m0/s1. The first-order valence-corrected chi connectivity index (χ1v) is 13.2. The first kappa shape index (κ1) is 28.7. The number of anilines is 6. The Labute approximate surface area is 234 Å². The zero-order valence-electron chi connectivity index (χ0n) is 23.2. The fourth-order valence-electron chi connectivity index (χ4n) is 5.07. The lowest BCUT2D eigenvalue weighted by Crippen LogP contribution is -2.36. The highest BCUT2D eigenvalue weighted by atomic mass is 35.5. The predicted molar refractivity (Wildman–Crippen MR) is 156 cm³/mol. The summed E-state index contributed by atoms with van der Waals surface area (Å²) in [5, 5.41) is 16.8. The van der Waals surface area contributed by atoms with Crippen LogP contribution in [0, 0.1) is 11.7 Å². The molecule has 0 bridgehead atoms. The molecule has 0 saturated carbocycles. The largest absolute Gasteiger partial charge is 0.494 e. The highest BCUT2D eigenvalue weighted by molar-refractivity contribution is 6.31. The molecule has 210 valence electrons. The van der Waals surface area contributed by atoms with Gasteiger partial charge < -0.3 is 36.0 Å². The molecule has 1 aromatic heterocycles. The molecule has 9 nitrogen and oxygen atoms in total. The molecule has 0 radical (unpaired) electrons. The number of hydrogen-bond acceptors (Lipinski definition) is 9. The molecule has 2 heterocycles. The van der Waals surface area contributed by atoms with Crippen molar-refractivity contribution in [2.24, 2.45) is 5.92 Å². The lowest BCUT2D eigenvalue weighted by Gasteiger charge is -2.28. The molecule has 3 aromatic rings. The minimum absolute atomic E-state index is 0.0720. The van der Waals surface area contributed by atoms with Gasteiger partial charge in [-0.1, -0.05) is 18.5 Å². The molecule has 11 heteroatoms. The van der Waals surface area contributed by atoms with E-state index in [4.69, 9.17) is 22.1 Å². The van der Waals surface area contributed by atoms with Gasteiger partial charge in [0.15, 0.2) is 0 Å². The van der Waals surface area contributed by atoms with Gasteiger partial charge in [0.1, 0.15) is 17.4 Å². The Balaban J connectivity index is 1.55. The van der Waals surface area contributed by atoms with E-state index >= 15 is 0 Å². The van der Waals surface area contributed by atoms with Crippen LogP contribution in [0.25, 0.3) is 0 Å². The number of hydrogen-bond donors (Lipinski definition) is 4. The second-order valence-corrected chi connectivity index (χ2v) is 11.2. The van der Waals surface area contributed by atoms with Crippen molar-refractivity contribution in [3.8, 4) is 5.75 Å². The number of ether oxygens (including phenoxy) is 1. The van der Waals surface area contributed by atoms with Gasteiger partial charge in [-0.25, -0.2) is 9.37 Å². The second kappa shape index (κ2) is 11.4. The number of benzene rings is 2. The molecule has 39 heavy (non-hydrogen) atoms. The van der Waals surface area contributed by atoms with E-state index in [0.717, 1.165) is 25.2 Å². The van der Waals surface area contributed by atoms with Gasteiger partial charge in [-0.15, -0.1) is 0 Å². The predicted octanol–water partition coefficient (Wildman–Crippen LogP) is 5.35. The Morgan fingerprint density at radius 2 is 2.00 bits per heavy atom. The molecule has 0 unspecified atom stereocenters. The van der Waals surface area contributed by atoms with Gasteiger partial charge in [0.05, 0.1) is 34.8 Å². The summed E-state index contributed by atoms with van der Waals surface area (Å²) < 4.78 is 19.8. The van der Waals surface area contributed by atoms with Crippen LogP contribution in [0.5, 0.6) is 5.75 Å². The minimum atomic E-state index is -1.31. The van der Waals surface area contributed by atoms with Gasteiger partial charge in [-0.3, -0.25) is 0 Å². The maximum Gasteiger partial charge on any atom is 0.229 e. The number of aliphatic hydroxyl groups is 1. The first-order valence-electron chi connectivity index (χ1n) is 12.8. The first-order chi connectivity index (χ1) is 18.3. The van der Waals surface area contributed by atoms with Crippen molar-refractivity contribution in [1.29, 1.82) is 0 Å². The van der Waals surface area contributed by atoms with Crippen molar-refractivity contribution in [1.82, 2.24) is 14.9 Å². The summed E-state index contributed by atoms with van der Waals surface area (Å²) in [7, 11) is 5.80. The summed E-state index contributed by atoms with van der Waals surface area (Å²) in [4.78, 5) is 13.4. The van der Waals surface area contributed by atoms with Crippen molar-refractivity contribution >= 4 is 46.1 Å². The number of nitrogens with one attached hydrogen (secondary N) is 2. The molecule has 0 aliphatic carbocycles. The minimum Gasteiger partial charge on any atom is -0.494 e. The Hall–Kier alpha value is -3.34. The van der Waals surface area contributed by atoms with Crippen molar-refractivity contribution in [3.05, 3.63) is 52.9 Å². The maximum absolute atomic E-state index is 14.1. The van der Waals surface area contributed by atoms with E-state index in [-0.39, 0.29) is 5.02 Å². The number of nitrogen functional groups attached to an aromatic ring is 1. The van der Waals surface area contributed by atoms with E-state index < -0.39 is 11.4 Å². The van der Waals surface area contributed by atoms with E-state index in [1.807, 2.05) is 13.1 Å². The third-order valence-corrected chi connectivity index (χ3v) is 7.32. The number of halogens is 2. The van der Waals surface area contributed by atoms with Crippen LogP contribution in [-0.4, -0.2) is 60.3 Å². The number of rotatable bonds is 9. The molecule has 2 atom stereocenters. The normalized spacial score (nSPS) is 17.8. The summed E-state index contributed by atoms with van der Waals surface area (Å²) in [5.74, 6) is 1.36. The highest BCUT2D eigenvalue weighted by Gasteiger charge is 2.28. The summed E-state index contributed by atoms with van der Waals surface area (Å²) >= 11 is 6.01. The molecule has 0 amide bonds. The molecule has 1 fully saturated rings. The van der Waals surface area contributed by atoms with E-state index in [0.29, 0.717) is 52.1 Å². The van der Waals surface area contributed by atoms with E-state index in [9.17, 15) is 9.50 Å². The third kappa shape index (κ3) is 6.63. The van der Waals surface area contributed by atoms with Crippen molar-refractivity contribution in [3.63, 3.8) is 0 Å². The van der Waals surface area contributed by atoms with E-state index in [2.05, 4.69) is 44.4 Å². The average molecular weight is 558 g/mol. The number of likely N-dealkylation sites (tertiary alicyclic amines) is 1. The summed E-state index contributed by atoms with van der Waals surface area (Å²) in [6.45, 7) is 7.37. The van der Waals surface area contributed by atoms with Gasteiger partial charge in [0, 0.05) is 49.7 Å². The summed E-state index contributed by atoms with van der Waals surface area (Å²) in [6.07, 6.45) is 2.73. The number of aromatic nitrogens is 2. The topological polar surface area (TPSA) is 112 Å². The van der Waals surface area contributed by atoms with Crippen LogP contribution >= 0.6 is 11.6 Å². The van der Waals surface area contributed by atoms with Gasteiger partial charge in [0.2, 0.25) is 5.95 Å². The number of methoxy groups -OCH3 is 1. The molecule has 2 aromatic carbocycles. The fraction of sp³-hybridized carbons (Fsp3) is 0.429. The second-order valence-electron chi connectivity index (χ2n) is 10.8. The SMILES string of the molecule is COc1cc(N(C)C[C@H]2C[C@H](C)CN2C)c(N)cc1Nc1nccc(Nc2cc(Cl)c(F)cc2C(C)(C)O)n1. The molecule has 0 spiro atoms. The van der Waals surface area contributed by atoms with E-state index in [1.54, 1.807) is 39.3 Å². The molecule has 4 rings (SSSR count). The zero-order chi connectivity index (χ0) is 28.5. The summed E-state index contributed by atoms with van der Waals surface area (Å²) in [5.41, 5.74) is 8.02. The monoisotopic (exact) mass is 557 g/mol. The Kier molecular flexibility index (Phi) is 8.39. The number of likely N-dealkylation sites (N-methyl/N-ethyl adjacent to an activating group) is 2. The zero-order valence-corrected chi connectivity index (χ0v) is 24.0. The lowest BCUT2D eigenvalue weighted by atomic mass is 9.96. The number of nitrogens with two attached hydrogens (primary N) is 1. The van der Waals surface area contributed by atoms with Crippen molar-refractivity contribution in [2.75, 3.05) is 55.6 Å². The van der Waals surface area contributed by atoms with Gasteiger partial charge in [-0.05, 0) is 57.5 Å². The van der Waals surface area contributed by atoms with Gasteiger partial charge in [0.25, 0.3) is 0 Å². The smallest absolute Gasteiger partial charge is 0.229 e. The van der Waals surface area contributed by atoms with Gasteiger partial charge in [-0.2, -0.15) is 4.98 Å². The number of nitrogens with zero attached hydrogens (tertiary/aromatic N) is 4. The van der Waals surface area contributed by atoms with Crippen LogP contribution < -0.4 is 26.0 Å². The van der Waals surface area contributed by atoms with Crippen LogP contribution in [0.15, 0.2) is 36.5 Å². The Morgan fingerprint density at radius 1 is 1.26 bits per heavy atom. The molecular formula is C28H37ClFN7O2. The highest BCUT2D eigenvalue weighted by Crippen LogP contribution is 2.37. The fourth-order valence-corrected chi connectivity index (χ4v) is 5.24. The Bertz CT molecular complexity index is 1330. The molecule has 1 saturated heterocycles. The summed E-state index contributed by atoms with van der Waals surface area (Å²) in [6, 6.07) is 8.46. The molecule has 5 N–H and O–H groups in total. The average Bonchev–Trinajstić information content (AvgIpc) is 3.17.